The molecule has 0 bridgehead atoms. The molecule has 5 aromatic rings. The summed E-state index contributed by atoms with van der Waals surface area (Å²) in [6.45, 7) is 0. The Morgan fingerprint density at radius 3 is 2.72 bits per heavy atom. The van der Waals surface area contributed by atoms with Crippen LogP contribution in [0.3, 0.4) is 0 Å². The summed E-state index contributed by atoms with van der Waals surface area (Å²) >= 11 is 0. The van der Waals surface area contributed by atoms with Gasteiger partial charge in [-0.25, -0.2) is 4.98 Å². The first-order chi connectivity index (χ1) is 12.3. The molecule has 5 rings (SSSR count). The maximum atomic E-state index is 5.84. The van der Waals surface area contributed by atoms with Gasteiger partial charge in [-0.2, -0.15) is 5.10 Å². The normalized spacial score (nSPS) is 11.4. The van der Waals surface area contributed by atoms with E-state index in [4.69, 9.17) is 10.7 Å². The Kier molecular flexibility index (Phi) is 2.84. The topological polar surface area (TPSA) is 96.3 Å². The lowest BCUT2D eigenvalue weighted by Crippen LogP contribution is -1.90. The van der Waals surface area contributed by atoms with Gasteiger partial charge in [0.25, 0.3) is 0 Å². The molecular weight excluding hydrogens is 312 g/mol. The highest BCUT2D eigenvalue weighted by molar-refractivity contribution is 5.94. The number of anilines is 1. The molecule has 4 N–H and O–H groups in total. The van der Waals surface area contributed by atoms with Crippen LogP contribution in [0.2, 0.25) is 0 Å². The fourth-order valence-electron chi connectivity index (χ4n) is 3.05. The van der Waals surface area contributed by atoms with Crippen molar-refractivity contribution in [1.29, 1.82) is 0 Å². The number of fused-ring (bicyclic) bond motifs is 2. The van der Waals surface area contributed by atoms with E-state index in [1.54, 1.807) is 12.4 Å². The van der Waals surface area contributed by atoms with Crippen LogP contribution >= 0.6 is 0 Å². The first kappa shape index (κ1) is 13.7. The first-order valence-electron chi connectivity index (χ1n) is 7.92. The highest BCUT2D eigenvalue weighted by Gasteiger charge is 2.13. The molecule has 0 spiro atoms. The van der Waals surface area contributed by atoms with Crippen molar-refractivity contribution in [1.82, 2.24) is 25.1 Å². The van der Waals surface area contributed by atoms with Crippen molar-refractivity contribution in [2.45, 2.75) is 0 Å². The van der Waals surface area contributed by atoms with Gasteiger partial charge in [-0.15, -0.1) is 0 Å². The molecule has 0 radical (unpaired) electrons. The molecule has 25 heavy (non-hydrogen) atoms. The number of nitrogens with one attached hydrogen (secondary N) is 2. The van der Waals surface area contributed by atoms with Crippen LogP contribution in [-0.2, 0) is 0 Å². The van der Waals surface area contributed by atoms with Crippen LogP contribution in [0.1, 0.15) is 0 Å². The first-order valence-corrected chi connectivity index (χ1v) is 7.92. The van der Waals surface area contributed by atoms with Gasteiger partial charge in [-0.3, -0.25) is 10.1 Å². The molecule has 0 unspecified atom stereocenters. The number of nitrogens with zero attached hydrogens (tertiary/aromatic N) is 3. The fraction of sp³-hybridized carbons (Fsp3) is 0. The second-order valence-corrected chi connectivity index (χ2v) is 5.94. The average Bonchev–Trinajstić information content (AvgIpc) is 3.24. The van der Waals surface area contributed by atoms with Crippen LogP contribution in [0, 0.1) is 0 Å². The van der Waals surface area contributed by atoms with Gasteiger partial charge in [0.1, 0.15) is 11.2 Å². The number of aromatic amines is 2. The highest BCUT2D eigenvalue weighted by atomic mass is 15.1. The van der Waals surface area contributed by atoms with Crippen molar-refractivity contribution in [3.63, 3.8) is 0 Å². The number of hydrogen-bond donors (Lipinski definition) is 3. The standard InChI is InChI=1S/C19H14N6/c20-13-7-12(9-21-10-13)15-5-6-16-18(23-15)19(25-24-16)17-8-11-3-1-2-4-14(11)22-17/h1-10,22H,20H2,(H,24,25). The van der Waals surface area contributed by atoms with Crippen LogP contribution in [0.15, 0.2) is 60.9 Å². The minimum atomic E-state index is 0.613. The van der Waals surface area contributed by atoms with Crippen molar-refractivity contribution in [2.24, 2.45) is 0 Å². The number of nitrogens with two attached hydrogens (primary N) is 1. The molecule has 1 aromatic carbocycles. The molecule has 0 aliphatic carbocycles. The molecule has 4 aromatic heterocycles. The quantitative estimate of drug-likeness (QED) is 0.460. The van der Waals surface area contributed by atoms with Crippen molar-refractivity contribution in [3.8, 4) is 22.6 Å². The molecule has 0 saturated heterocycles. The van der Waals surface area contributed by atoms with E-state index in [9.17, 15) is 0 Å². The van der Waals surface area contributed by atoms with Gasteiger partial charge in [0, 0.05) is 28.9 Å². The number of H-pyrrole nitrogens is 2. The van der Waals surface area contributed by atoms with Gasteiger partial charge in [0.2, 0.25) is 0 Å². The minimum absolute atomic E-state index is 0.613. The van der Waals surface area contributed by atoms with Gasteiger partial charge < -0.3 is 10.7 Å². The van der Waals surface area contributed by atoms with E-state index < -0.39 is 0 Å². The number of pyridine rings is 2. The molecule has 0 saturated carbocycles. The van der Waals surface area contributed by atoms with Crippen LogP contribution in [0.5, 0.6) is 0 Å². The molecule has 120 valence electrons. The van der Waals surface area contributed by atoms with Crippen LogP contribution in [0.25, 0.3) is 44.6 Å². The van der Waals surface area contributed by atoms with E-state index in [1.165, 1.54) is 0 Å². The summed E-state index contributed by atoms with van der Waals surface area (Å²) < 4.78 is 0. The summed E-state index contributed by atoms with van der Waals surface area (Å²) in [5.41, 5.74) is 12.6. The lowest BCUT2D eigenvalue weighted by molar-refractivity contribution is 1.12. The smallest absolute Gasteiger partial charge is 0.135 e. The molecular formula is C19H14N6. The molecule has 0 aliphatic rings. The van der Waals surface area contributed by atoms with Gasteiger partial charge in [0.05, 0.1) is 22.6 Å². The van der Waals surface area contributed by atoms with Gasteiger partial charge in [-0.1, -0.05) is 18.2 Å². The molecule has 0 aliphatic heterocycles. The molecule has 4 heterocycles. The molecule has 0 fully saturated rings. The zero-order valence-corrected chi connectivity index (χ0v) is 13.2. The van der Waals surface area contributed by atoms with E-state index >= 15 is 0 Å². The molecule has 0 amide bonds. The minimum Gasteiger partial charge on any atom is -0.397 e. The monoisotopic (exact) mass is 326 g/mol. The third kappa shape index (κ3) is 2.23. The van der Waals surface area contributed by atoms with Crippen LogP contribution < -0.4 is 5.73 Å². The Morgan fingerprint density at radius 2 is 1.84 bits per heavy atom. The summed E-state index contributed by atoms with van der Waals surface area (Å²) in [6, 6.07) is 16.0. The summed E-state index contributed by atoms with van der Waals surface area (Å²) in [6.07, 6.45) is 3.38. The summed E-state index contributed by atoms with van der Waals surface area (Å²) in [7, 11) is 0. The van der Waals surface area contributed by atoms with Crippen molar-refractivity contribution < 1.29 is 0 Å². The second kappa shape index (κ2) is 5.17. The average molecular weight is 326 g/mol. The Hall–Kier alpha value is -3.67. The third-order valence-electron chi connectivity index (χ3n) is 4.25. The maximum Gasteiger partial charge on any atom is 0.135 e. The van der Waals surface area contributed by atoms with Crippen molar-refractivity contribution >= 4 is 27.6 Å². The third-order valence-corrected chi connectivity index (χ3v) is 4.25. The molecule has 6 heteroatoms. The largest absolute Gasteiger partial charge is 0.397 e. The lowest BCUT2D eigenvalue weighted by Gasteiger charge is -2.02. The molecule has 6 nitrogen and oxygen atoms in total. The SMILES string of the molecule is Nc1cncc(-c2ccc3[nH]nc(-c4cc5ccccc5[nH]4)c3n2)c1. The van der Waals surface area contributed by atoms with Crippen LogP contribution in [-0.4, -0.2) is 25.1 Å². The number of para-hydroxylation sites is 1. The van der Waals surface area contributed by atoms with Crippen molar-refractivity contribution in [2.75, 3.05) is 5.73 Å². The van der Waals surface area contributed by atoms with E-state index in [2.05, 4.69) is 32.3 Å². The van der Waals surface area contributed by atoms with E-state index in [1.807, 2.05) is 36.4 Å². The van der Waals surface area contributed by atoms with Crippen LogP contribution in [0.4, 0.5) is 5.69 Å². The summed E-state index contributed by atoms with van der Waals surface area (Å²) in [5, 5.41) is 8.65. The van der Waals surface area contributed by atoms with Crippen molar-refractivity contribution in [3.05, 3.63) is 60.9 Å². The fourth-order valence-corrected chi connectivity index (χ4v) is 3.05. The van der Waals surface area contributed by atoms with Gasteiger partial charge in [-0.05, 0) is 30.3 Å². The number of aromatic nitrogens is 5. The molecule has 0 atom stereocenters. The highest BCUT2D eigenvalue weighted by Crippen LogP contribution is 2.29. The zero-order valence-electron chi connectivity index (χ0n) is 13.2. The van der Waals surface area contributed by atoms with E-state index in [-0.39, 0.29) is 0 Å². The zero-order chi connectivity index (χ0) is 16.8. The second-order valence-electron chi connectivity index (χ2n) is 5.94. The predicted octanol–water partition coefficient (Wildman–Crippen LogP) is 3.75. The van der Waals surface area contributed by atoms with Gasteiger partial charge >= 0.3 is 0 Å². The lowest BCUT2D eigenvalue weighted by atomic mass is 10.1. The Morgan fingerprint density at radius 1 is 0.920 bits per heavy atom. The predicted molar refractivity (Wildman–Crippen MR) is 98.8 cm³/mol. The Bertz CT molecular complexity index is 1180. The maximum absolute atomic E-state index is 5.84. The number of hydrogen-bond acceptors (Lipinski definition) is 4. The number of nitrogen functional groups attached to an aromatic ring is 1. The van der Waals surface area contributed by atoms with Gasteiger partial charge in [0.15, 0.2) is 0 Å². The van der Waals surface area contributed by atoms with E-state index in [0.29, 0.717) is 5.69 Å². The summed E-state index contributed by atoms with van der Waals surface area (Å²) in [4.78, 5) is 12.3. The number of rotatable bonds is 2. The number of benzene rings is 1. The van der Waals surface area contributed by atoms with E-state index in [0.717, 1.165) is 44.6 Å². The summed E-state index contributed by atoms with van der Waals surface area (Å²) in [5.74, 6) is 0. The Balaban J connectivity index is 1.70. The Labute approximate surface area is 142 Å².